The fourth-order valence-electron chi connectivity index (χ4n) is 2.24. The Bertz CT molecular complexity index is 565. The van der Waals surface area contributed by atoms with Crippen molar-refractivity contribution in [1.29, 1.82) is 5.26 Å². The van der Waals surface area contributed by atoms with Gasteiger partial charge in [0, 0.05) is 25.3 Å². The summed E-state index contributed by atoms with van der Waals surface area (Å²) in [5.74, 6) is 0.206. The van der Waals surface area contributed by atoms with Gasteiger partial charge in [-0.2, -0.15) is 18.4 Å². The van der Waals surface area contributed by atoms with E-state index < -0.39 is 17.8 Å². The second-order valence-corrected chi connectivity index (χ2v) is 5.11. The number of rotatable bonds is 3. The number of hydrogen-bond donors (Lipinski definition) is 2. The second-order valence-electron chi connectivity index (χ2n) is 5.11. The highest BCUT2D eigenvalue weighted by atomic mass is 19.4. The lowest BCUT2D eigenvalue weighted by molar-refractivity contribution is -0.137. The number of carbonyl (C=O) groups is 1. The molecule has 1 saturated heterocycles. The molecular formula is C14H15F3N4O. The second kappa shape index (κ2) is 6.56. The number of benzene rings is 1. The molecule has 1 aliphatic rings. The summed E-state index contributed by atoms with van der Waals surface area (Å²) in [7, 11) is 0. The first-order valence-electron chi connectivity index (χ1n) is 6.75. The average Bonchev–Trinajstić information content (AvgIpc) is 2.93. The molecule has 1 atom stereocenters. The molecule has 2 amide bonds. The molecule has 1 unspecified atom stereocenters. The summed E-state index contributed by atoms with van der Waals surface area (Å²) in [6.07, 6.45) is -1.51. The summed E-state index contributed by atoms with van der Waals surface area (Å²) in [5, 5.41) is 13.9. The van der Waals surface area contributed by atoms with E-state index in [0.717, 1.165) is 18.6 Å². The van der Waals surface area contributed by atoms with Crippen molar-refractivity contribution < 1.29 is 18.0 Å². The van der Waals surface area contributed by atoms with Crippen LogP contribution < -0.4 is 10.6 Å². The van der Waals surface area contributed by atoms with Crippen LogP contribution in [0.4, 0.5) is 23.7 Å². The van der Waals surface area contributed by atoms with Crippen LogP contribution >= 0.6 is 0 Å². The summed E-state index contributed by atoms with van der Waals surface area (Å²) in [6.45, 7) is 1.71. The van der Waals surface area contributed by atoms with Crippen LogP contribution in [0.15, 0.2) is 24.3 Å². The number of nitrogens with one attached hydrogen (secondary N) is 2. The number of urea groups is 1. The van der Waals surface area contributed by atoms with Crippen molar-refractivity contribution in [3.05, 3.63) is 29.8 Å². The molecule has 1 aromatic carbocycles. The van der Waals surface area contributed by atoms with Gasteiger partial charge < -0.3 is 15.5 Å². The van der Waals surface area contributed by atoms with Gasteiger partial charge in [0.25, 0.3) is 0 Å². The van der Waals surface area contributed by atoms with Gasteiger partial charge >= 0.3 is 12.2 Å². The molecule has 118 valence electrons. The van der Waals surface area contributed by atoms with Crippen LogP contribution in [-0.2, 0) is 6.18 Å². The average molecular weight is 312 g/mol. The predicted octanol–water partition coefficient (Wildman–Crippen LogP) is 2.63. The largest absolute Gasteiger partial charge is 0.416 e. The fourth-order valence-corrected chi connectivity index (χ4v) is 2.24. The number of nitrogens with zero attached hydrogens (tertiary/aromatic N) is 2. The van der Waals surface area contributed by atoms with E-state index in [1.54, 1.807) is 4.90 Å². The van der Waals surface area contributed by atoms with E-state index in [1.807, 2.05) is 0 Å². The van der Waals surface area contributed by atoms with Gasteiger partial charge in [-0.05, 0) is 36.6 Å². The van der Waals surface area contributed by atoms with Gasteiger partial charge in [-0.15, -0.1) is 0 Å². The van der Waals surface area contributed by atoms with Crippen LogP contribution in [0.3, 0.4) is 0 Å². The summed E-state index contributed by atoms with van der Waals surface area (Å²) in [6, 6.07) is 3.76. The van der Waals surface area contributed by atoms with Crippen molar-refractivity contribution >= 4 is 11.7 Å². The Kier molecular flexibility index (Phi) is 4.75. The first kappa shape index (κ1) is 15.9. The minimum Gasteiger partial charge on any atom is -0.338 e. The third-order valence-electron chi connectivity index (χ3n) is 3.45. The molecule has 1 heterocycles. The minimum atomic E-state index is -4.39. The lowest BCUT2D eigenvalue weighted by Gasteiger charge is -2.12. The summed E-state index contributed by atoms with van der Waals surface area (Å²) in [4.78, 5) is 13.3. The number of halogens is 3. The Morgan fingerprint density at radius 1 is 1.36 bits per heavy atom. The van der Waals surface area contributed by atoms with Gasteiger partial charge in [0.05, 0.1) is 5.56 Å². The van der Waals surface area contributed by atoms with Crippen molar-refractivity contribution in [1.82, 2.24) is 10.2 Å². The molecule has 2 N–H and O–H groups in total. The molecule has 1 fully saturated rings. The van der Waals surface area contributed by atoms with E-state index in [9.17, 15) is 18.0 Å². The predicted molar refractivity (Wildman–Crippen MR) is 73.8 cm³/mol. The maximum absolute atomic E-state index is 12.4. The molecule has 1 aliphatic heterocycles. The Morgan fingerprint density at radius 3 is 2.59 bits per heavy atom. The van der Waals surface area contributed by atoms with Gasteiger partial charge in [-0.25, -0.2) is 4.79 Å². The molecule has 1 aromatic rings. The Morgan fingerprint density at radius 2 is 2.05 bits per heavy atom. The van der Waals surface area contributed by atoms with Crippen molar-refractivity contribution in [2.24, 2.45) is 5.92 Å². The smallest absolute Gasteiger partial charge is 0.338 e. The molecule has 5 nitrogen and oxygen atoms in total. The molecule has 0 aliphatic carbocycles. The minimum absolute atomic E-state index is 0.206. The topological polar surface area (TPSA) is 68.2 Å². The number of amides is 2. The van der Waals surface area contributed by atoms with Crippen LogP contribution in [0.25, 0.3) is 0 Å². The number of alkyl halides is 3. The van der Waals surface area contributed by atoms with Crippen LogP contribution in [-0.4, -0.2) is 30.6 Å². The number of nitriles is 1. The zero-order valence-corrected chi connectivity index (χ0v) is 11.7. The fraction of sp³-hybridized carbons (Fsp3) is 0.429. The van der Waals surface area contributed by atoms with Gasteiger partial charge in [-0.1, -0.05) is 0 Å². The van der Waals surface area contributed by atoms with Crippen LogP contribution in [0.2, 0.25) is 0 Å². The van der Waals surface area contributed by atoms with E-state index in [0.29, 0.717) is 19.6 Å². The van der Waals surface area contributed by atoms with Crippen molar-refractivity contribution in [3.63, 3.8) is 0 Å². The first-order valence-corrected chi connectivity index (χ1v) is 6.75. The third kappa shape index (κ3) is 4.28. The first-order chi connectivity index (χ1) is 10.4. The van der Waals surface area contributed by atoms with Gasteiger partial charge in [-0.3, -0.25) is 0 Å². The highest BCUT2D eigenvalue weighted by molar-refractivity contribution is 5.89. The van der Waals surface area contributed by atoms with E-state index in [2.05, 4.69) is 16.8 Å². The number of carbonyl (C=O) groups excluding carboxylic acids is 1. The summed E-state index contributed by atoms with van der Waals surface area (Å²) in [5.41, 5.74) is -0.475. The number of likely N-dealkylation sites (tertiary alicyclic amines) is 1. The SMILES string of the molecule is N#CN1CCC(CNC(=O)Nc2ccc(C(F)(F)F)cc2)C1. The van der Waals surface area contributed by atoms with Crippen LogP contribution in [0, 0.1) is 17.4 Å². The molecule has 0 radical (unpaired) electrons. The van der Waals surface area contributed by atoms with Gasteiger partial charge in [0.1, 0.15) is 0 Å². The monoisotopic (exact) mass is 312 g/mol. The normalized spacial score (nSPS) is 17.9. The van der Waals surface area contributed by atoms with Crippen LogP contribution in [0.5, 0.6) is 0 Å². The van der Waals surface area contributed by atoms with E-state index in [1.165, 1.54) is 12.1 Å². The quantitative estimate of drug-likeness (QED) is 0.843. The molecular weight excluding hydrogens is 297 g/mol. The van der Waals surface area contributed by atoms with E-state index in [-0.39, 0.29) is 11.6 Å². The van der Waals surface area contributed by atoms with Crippen molar-refractivity contribution in [2.45, 2.75) is 12.6 Å². The van der Waals surface area contributed by atoms with Gasteiger partial charge in [0.2, 0.25) is 0 Å². The van der Waals surface area contributed by atoms with E-state index >= 15 is 0 Å². The van der Waals surface area contributed by atoms with Crippen molar-refractivity contribution in [2.75, 3.05) is 25.0 Å². The molecule has 0 spiro atoms. The van der Waals surface area contributed by atoms with Crippen LogP contribution in [0.1, 0.15) is 12.0 Å². The zero-order valence-electron chi connectivity index (χ0n) is 11.7. The number of anilines is 1. The summed E-state index contributed by atoms with van der Waals surface area (Å²) < 4.78 is 37.2. The lowest BCUT2D eigenvalue weighted by Crippen LogP contribution is -2.33. The molecule has 0 saturated carbocycles. The standard InChI is InChI=1S/C14H15F3N4O/c15-14(16,17)11-1-3-12(4-2-11)20-13(22)19-7-10-5-6-21(8-10)9-18/h1-4,10H,5-8H2,(H2,19,20,22). The highest BCUT2D eigenvalue weighted by Crippen LogP contribution is 2.29. The summed E-state index contributed by atoms with van der Waals surface area (Å²) >= 11 is 0. The maximum Gasteiger partial charge on any atom is 0.416 e. The van der Waals surface area contributed by atoms with Gasteiger partial charge in [0.15, 0.2) is 6.19 Å². The highest BCUT2D eigenvalue weighted by Gasteiger charge is 2.30. The Labute approximate surface area is 125 Å². The molecule has 8 heteroatoms. The van der Waals surface area contributed by atoms with Crippen molar-refractivity contribution in [3.8, 4) is 6.19 Å². The Hall–Kier alpha value is -2.43. The third-order valence-corrected chi connectivity index (χ3v) is 3.45. The zero-order chi connectivity index (χ0) is 16.2. The number of hydrogen-bond acceptors (Lipinski definition) is 3. The molecule has 2 rings (SSSR count). The molecule has 0 bridgehead atoms. The lowest BCUT2D eigenvalue weighted by atomic mass is 10.1. The maximum atomic E-state index is 12.4. The molecule has 22 heavy (non-hydrogen) atoms. The Balaban J connectivity index is 1.79. The molecule has 0 aromatic heterocycles. The van der Waals surface area contributed by atoms with E-state index in [4.69, 9.17) is 5.26 Å².